The van der Waals surface area contributed by atoms with Crippen LogP contribution in [-0.4, -0.2) is 15.9 Å². The van der Waals surface area contributed by atoms with Gasteiger partial charge in [0.2, 0.25) is 5.91 Å². The van der Waals surface area contributed by atoms with Crippen LogP contribution in [0.1, 0.15) is 77.7 Å². The Labute approximate surface area is 136 Å². The zero-order valence-corrected chi connectivity index (χ0v) is 14.7. The summed E-state index contributed by atoms with van der Waals surface area (Å²) in [5.74, 6) is 0.965. The number of hydrogen-bond donors (Lipinski definition) is 2. The van der Waals surface area contributed by atoms with E-state index in [1.54, 1.807) is 0 Å². The molecule has 0 spiro atoms. The number of carbonyl (C=O) groups is 1. The van der Waals surface area contributed by atoms with E-state index in [-0.39, 0.29) is 5.91 Å². The van der Waals surface area contributed by atoms with Crippen LogP contribution in [0.15, 0.2) is 6.20 Å². The van der Waals surface area contributed by atoms with Crippen LogP contribution in [0.5, 0.6) is 0 Å². The lowest BCUT2D eigenvalue weighted by molar-refractivity contribution is -0.121. The Kier molecular flexibility index (Phi) is 17.7. The Hall–Kier alpha value is -1.76. The summed E-state index contributed by atoms with van der Waals surface area (Å²) in [6, 6.07) is 0. The van der Waals surface area contributed by atoms with Crippen molar-refractivity contribution in [3.05, 3.63) is 17.7 Å². The van der Waals surface area contributed by atoms with E-state index in [1.165, 1.54) is 19.3 Å². The number of imidazole rings is 1. The first-order valence-electron chi connectivity index (χ1n) is 8.39. The summed E-state index contributed by atoms with van der Waals surface area (Å²) in [4.78, 5) is 19.0. The molecule has 126 valence electrons. The number of H-pyrrole nitrogens is 1. The number of carbonyl (C=O) groups excluding carboxylic acids is 1. The summed E-state index contributed by atoms with van der Waals surface area (Å²) >= 11 is 0. The third-order valence-electron chi connectivity index (χ3n) is 3.02. The van der Waals surface area contributed by atoms with Gasteiger partial charge in [0.25, 0.3) is 0 Å². The van der Waals surface area contributed by atoms with E-state index in [4.69, 9.17) is 0 Å². The summed E-state index contributed by atoms with van der Waals surface area (Å²) in [5.41, 5.74) is 1.11. The molecule has 1 aromatic heterocycles. The number of rotatable bonds is 9. The molecular formula is C18H33N3O. The number of aromatic amines is 1. The lowest BCUT2D eigenvalue weighted by Gasteiger charge is -2.03. The van der Waals surface area contributed by atoms with Crippen molar-refractivity contribution in [2.75, 3.05) is 0 Å². The quantitative estimate of drug-likeness (QED) is 0.530. The Morgan fingerprint density at radius 3 is 2.36 bits per heavy atom. The number of unbranched alkanes of at least 4 members (excludes halogenated alkanes) is 4. The van der Waals surface area contributed by atoms with Gasteiger partial charge in [-0.2, -0.15) is 0 Å². The summed E-state index contributed by atoms with van der Waals surface area (Å²) in [5, 5.41) is 2.89. The highest BCUT2D eigenvalue weighted by Gasteiger charge is 2.03. The van der Waals surface area contributed by atoms with Gasteiger partial charge in [-0.15, -0.1) is 12.8 Å². The molecule has 0 aliphatic heterocycles. The number of terminal acetylenes is 1. The highest BCUT2D eigenvalue weighted by atomic mass is 16.1. The fraction of sp³-hybridized carbons (Fsp3) is 0.667. The number of nitrogens with zero attached hydrogens (tertiary/aromatic N) is 1. The van der Waals surface area contributed by atoms with E-state index in [2.05, 4.69) is 42.0 Å². The summed E-state index contributed by atoms with van der Waals surface area (Å²) in [6.07, 6.45) is 17.3. The van der Waals surface area contributed by atoms with Crippen molar-refractivity contribution < 1.29 is 4.79 Å². The molecule has 0 saturated carbocycles. The molecule has 4 nitrogen and oxygen atoms in total. The van der Waals surface area contributed by atoms with Crippen LogP contribution in [0.4, 0.5) is 0 Å². The molecule has 0 aliphatic rings. The highest BCUT2D eigenvalue weighted by Crippen LogP contribution is 2.05. The second-order valence-corrected chi connectivity index (χ2v) is 4.65. The van der Waals surface area contributed by atoms with Crippen molar-refractivity contribution in [3.63, 3.8) is 0 Å². The van der Waals surface area contributed by atoms with E-state index in [0.717, 1.165) is 30.8 Å². The Bertz CT molecular complexity index is 383. The first-order valence-corrected chi connectivity index (χ1v) is 8.39. The lowest BCUT2D eigenvalue weighted by atomic mass is 10.1. The van der Waals surface area contributed by atoms with Gasteiger partial charge in [0.15, 0.2) is 0 Å². The molecule has 0 radical (unpaired) electrons. The number of hydrogen-bond acceptors (Lipinski definition) is 2. The predicted octanol–water partition coefficient (Wildman–Crippen LogP) is 4.22. The molecule has 0 bridgehead atoms. The van der Waals surface area contributed by atoms with Crippen molar-refractivity contribution >= 4 is 5.91 Å². The standard InChI is InChI=1S/C14H25N3O.C2H6.C2H2/c1-3-5-6-7-8-9-14(18)16-11-13-15-10-12(4-2)17-13;2*1-2/h10H,3-9,11H2,1-2H3,(H,15,17)(H,16,18);1-2H3;1-2H. The molecule has 2 N–H and O–H groups in total. The molecular weight excluding hydrogens is 274 g/mol. The molecule has 0 aromatic carbocycles. The van der Waals surface area contributed by atoms with Crippen LogP contribution in [0.3, 0.4) is 0 Å². The molecule has 1 aromatic rings. The van der Waals surface area contributed by atoms with Crippen LogP contribution in [0, 0.1) is 12.8 Å². The maximum atomic E-state index is 11.6. The molecule has 1 rings (SSSR count). The Morgan fingerprint density at radius 1 is 1.18 bits per heavy atom. The van der Waals surface area contributed by atoms with E-state index in [9.17, 15) is 4.79 Å². The zero-order chi connectivity index (χ0) is 17.2. The fourth-order valence-electron chi connectivity index (χ4n) is 1.84. The monoisotopic (exact) mass is 307 g/mol. The Morgan fingerprint density at radius 2 is 1.82 bits per heavy atom. The third kappa shape index (κ3) is 12.0. The summed E-state index contributed by atoms with van der Waals surface area (Å²) in [7, 11) is 0. The zero-order valence-electron chi connectivity index (χ0n) is 14.7. The molecule has 0 atom stereocenters. The van der Waals surface area contributed by atoms with Gasteiger partial charge < -0.3 is 10.3 Å². The van der Waals surface area contributed by atoms with Gasteiger partial charge in [-0.25, -0.2) is 4.98 Å². The normalized spacial score (nSPS) is 9.00. The van der Waals surface area contributed by atoms with Crippen molar-refractivity contribution in [2.45, 2.75) is 79.2 Å². The van der Waals surface area contributed by atoms with Crippen LogP contribution in [0.25, 0.3) is 0 Å². The lowest BCUT2D eigenvalue weighted by Crippen LogP contribution is -2.22. The van der Waals surface area contributed by atoms with Crippen molar-refractivity contribution in [3.8, 4) is 12.8 Å². The van der Waals surface area contributed by atoms with Gasteiger partial charge in [0, 0.05) is 18.3 Å². The largest absolute Gasteiger partial charge is 0.349 e. The van der Waals surface area contributed by atoms with Gasteiger partial charge in [-0.05, 0) is 12.8 Å². The molecule has 0 saturated heterocycles. The number of nitrogens with one attached hydrogen (secondary N) is 2. The van der Waals surface area contributed by atoms with Gasteiger partial charge in [0.05, 0.1) is 6.54 Å². The minimum Gasteiger partial charge on any atom is -0.349 e. The number of amides is 1. The van der Waals surface area contributed by atoms with Crippen LogP contribution in [-0.2, 0) is 17.8 Å². The minimum atomic E-state index is 0.126. The summed E-state index contributed by atoms with van der Waals surface area (Å²) < 4.78 is 0. The van der Waals surface area contributed by atoms with Gasteiger partial charge in [-0.3, -0.25) is 4.79 Å². The van der Waals surface area contributed by atoms with Crippen LogP contribution in [0.2, 0.25) is 0 Å². The SMILES string of the molecule is C#C.CC.CCCCCCCC(=O)NCc1ncc(CC)[nH]1. The third-order valence-corrected chi connectivity index (χ3v) is 3.02. The second kappa shape index (κ2) is 17.3. The molecule has 1 amide bonds. The molecule has 0 unspecified atom stereocenters. The molecule has 4 heteroatoms. The van der Waals surface area contributed by atoms with E-state index in [0.29, 0.717) is 13.0 Å². The van der Waals surface area contributed by atoms with Crippen molar-refractivity contribution in [1.82, 2.24) is 15.3 Å². The predicted molar refractivity (Wildman–Crippen MR) is 94.4 cm³/mol. The highest BCUT2D eigenvalue weighted by molar-refractivity contribution is 5.75. The molecule has 0 aliphatic carbocycles. The number of aromatic nitrogens is 2. The molecule has 22 heavy (non-hydrogen) atoms. The van der Waals surface area contributed by atoms with Gasteiger partial charge in [-0.1, -0.05) is 53.4 Å². The maximum absolute atomic E-state index is 11.6. The van der Waals surface area contributed by atoms with E-state index < -0.39 is 0 Å². The van der Waals surface area contributed by atoms with Crippen LogP contribution >= 0.6 is 0 Å². The van der Waals surface area contributed by atoms with Crippen molar-refractivity contribution in [1.29, 1.82) is 0 Å². The molecule has 0 fully saturated rings. The minimum absolute atomic E-state index is 0.126. The van der Waals surface area contributed by atoms with E-state index in [1.807, 2.05) is 20.0 Å². The fourth-order valence-corrected chi connectivity index (χ4v) is 1.84. The second-order valence-electron chi connectivity index (χ2n) is 4.65. The molecule has 1 heterocycles. The topological polar surface area (TPSA) is 57.8 Å². The van der Waals surface area contributed by atoms with Gasteiger partial charge >= 0.3 is 0 Å². The first-order chi connectivity index (χ1) is 10.8. The van der Waals surface area contributed by atoms with Crippen LogP contribution < -0.4 is 5.32 Å². The smallest absolute Gasteiger partial charge is 0.220 e. The maximum Gasteiger partial charge on any atom is 0.220 e. The van der Waals surface area contributed by atoms with Crippen molar-refractivity contribution in [2.24, 2.45) is 0 Å². The van der Waals surface area contributed by atoms with Gasteiger partial charge in [0.1, 0.15) is 5.82 Å². The average Bonchev–Trinajstić information content (AvgIpc) is 3.04. The summed E-state index contributed by atoms with van der Waals surface area (Å²) in [6.45, 7) is 8.78. The Balaban J connectivity index is 0. The first kappa shape index (κ1) is 22.5. The number of aryl methyl sites for hydroxylation is 1. The van der Waals surface area contributed by atoms with E-state index >= 15 is 0 Å². The average molecular weight is 307 g/mol.